The van der Waals surface area contributed by atoms with Gasteiger partial charge in [-0.05, 0) is 24.0 Å². The third kappa shape index (κ3) is 5.66. The maximum Gasteiger partial charge on any atom is 0.162 e. The zero-order valence-electron chi connectivity index (χ0n) is 14.3. The highest BCUT2D eigenvalue weighted by Gasteiger charge is 2.08. The van der Waals surface area contributed by atoms with Gasteiger partial charge in [-0.25, -0.2) is 0 Å². The summed E-state index contributed by atoms with van der Waals surface area (Å²) < 4.78 is 0. The molecular weight excluding hydrogens is 284 g/mol. The number of Topliss-reactive ketones (excluding diaryl/α,β-unsaturated/α-hetero) is 1. The second-order valence-corrected chi connectivity index (χ2v) is 6.46. The summed E-state index contributed by atoms with van der Waals surface area (Å²) in [7, 11) is 0. The molecule has 1 N–H and O–H groups in total. The molecule has 0 saturated carbocycles. The Morgan fingerprint density at radius 1 is 1.09 bits per heavy atom. The Morgan fingerprint density at radius 3 is 2.48 bits per heavy atom. The summed E-state index contributed by atoms with van der Waals surface area (Å²) in [6.07, 6.45) is 9.75. The SMILES string of the molecule is CCCCCC(C)CCCC(=O)c1ccc(-c2ccn[nH]2)cc1. The summed E-state index contributed by atoms with van der Waals surface area (Å²) in [6, 6.07) is 9.73. The molecule has 23 heavy (non-hydrogen) atoms. The van der Waals surface area contributed by atoms with Crippen LogP contribution < -0.4 is 0 Å². The Morgan fingerprint density at radius 2 is 1.83 bits per heavy atom. The first-order valence-electron chi connectivity index (χ1n) is 8.83. The minimum absolute atomic E-state index is 0.252. The Kier molecular flexibility index (Phi) is 7.05. The monoisotopic (exact) mass is 312 g/mol. The predicted octanol–water partition coefficient (Wildman–Crippen LogP) is 5.65. The van der Waals surface area contributed by atoms with Gasteiger partial charge in [-0.2, -0.15) is 5.10 Å². The second-order valence-electron chi connectivity index (χ2n) is 6.46. The van der Waals surface area contributed by atoms with Gasteiger partial charge in [0.2, 0.25) is 0 Å². The fourth-order valence-corrected chi connectivity index (χ4v) is 2.89. The quantitative estimate of drug-likeness (QED) is 0.455. The average Bonchev–Trinajstić information content (AvgIpc) is 3.09. The van der Waals surface area contributed by atoms with E-state index in [1.54, 1.807) is 6.20 Å². The predicted molar refractivity (Wildman–Crippen MR) is 95.5 cm³/mol. The Hall–Kier alpha value is -1.90. The van der Waals surface area contributed by atoms with Gasteiger partial charge in [-0.1, -0.05) is 70.2 Å². The van der Waals surface area contributed by atoms with Crippen LogP contribution in [0.5, 0.6) is 0 Å². The van der Waals surface area contributed by atoms with Crippen molar-refractivity contribution in [2.45, 2.75) is 58.8 Å². The maximum absolute atomic E-state index is 12.3. The number of aromatic amines is 1. The van der Waals surface area contributed by atoms with E-state index in [1.165, 1.54) is 25.7 Å². The minimum Gasteiger partial charge on any atom is -0.294 e. The summed E-state index contributed by atoms with van der Waals surface area (Å²) in [5.74, 6) is 0.985. The van der Waals surface area contributed by atoms with Gasteiger partial charge in [0.15, 0.2) is 5.78 Å². The smallest absolute Gasteiger partial charge is 0.162 e. The number of ketones is 1. The van der Waals surface area contributed by atoms with Crippen LogP contribution in [0.25, 0.3) is 11.3 Å². The minimum atomic E-state index is 0.252. The molecular formula is C20H28N2O. The van der Waals surface area contributed by atoms with Crippen molar-refractivity contribution < 1.29 is 4.79 Å². The van der Waals surface area contributed by atoms with Gasteiger partial charge in [-0.15, -0.1) is 0 Å². The van der Waals surface area contributed by atoms with Gasteiger partial charge >= 0.3 is 0 Å². The van der Waals surface area contributed by atoms with Crippen molar-refractivity contribution in [3.8, 4) is 11.3 Å². The molecule has 0 aliphatic heterocycles. The van der Waals surface area contributed by atoms with E-state index in [1.807, 2.05) is 30.3 Å². The number of aromatic nitrogens is 2. The van der Waals surface area contributed by atoms with Crippen LogP contribution >= 0.6 is 0 Å². The van der Waals surface area contributed by atoms with E-state index in [2.05, 4.69) is 24.0 Å². The lowest BCUT2D eigenvalue weighted by molar-refractivity contribution is 0.0978. The van der Waals surface area contributed by atoms with Gasteiger partial charge in [0, 0.05) is 18.2 Å². The summed E-state index contributed by atoms with van der Waals surface area (Å²) >= 11 is 0. The van der Waals surface area contributed by atoms with Crippen LogP contribution in [0.3, 0.4) is 0 Å². The zero-order valence-corrected chi connectivity index (χ0v) is 14.3. The van der Waals surface area contributed by atoms with E-state index in [9.17, 15) is 4.79 Å². The molecule has 0 fully saturated rings. The van der Waals surface area contributed by atoms with Crippen molar-refractivity contribution in [1.82, 2.24) is 10.2 Å². The van der Waals surface area contributed by atoms with Crippen molar-refractivity contribution in [2.75, 3.05) is 0 Å². The van der Waals surface area contributed by atoms with E-state index < -0.39 is 0 Å². The lowest BCUT2D eigenvalue weighted by atomic mass is 9.95. The number of nitrogens with one attached hydrogen (secondary N) is 1. The lowest BCUT2D eigenvalue weighted by Gasteiger charge is -2.10. The third-order valence-electron chi connectivity index (χ3n) is 4.42. The molecule has 0 spiro atoms. The van der Waals surface area contributed by atoms with Crippen molar-refractivity contribution in [1.29, 1.82) is 0 Å². The van der Waals surface area contributed by atoms with E-state index >= 15 is 0 Å². The molecule has 0 bridgehead atoms. The van der Waals surface area contributed by atoms with Gasteiger partial charge in [-0.3, -0.25) is 9.89 Å². The number of H-pyrrole nitrogens is 1. The van der Waals surface area contributed by atoms with E-state index in [-0.39, 0.29) is 5.78 Å². The number of carbonyl (C=O) groups excluding carboxylic acids is 1. The molecule has 0 aliphatic rings. The standard InChI is InChI=1S/C20H28N2O/c1-3-4-5-7-16(2)8-6-9-20(23)18-12-10-17(11-13-18)19-14-15-21-22-19/h10-16H,3-9H2,1-2H3,(H,21,22). The molecule has 0 amide bonds. The van der Waals surface area contributed by atoms with Gasteiger partial charge in [0.25, 0.3) is 0 Å². The summed E-state index contributed by atoms with van der Waals surface area (Å²) in [5, 5.41) is 6.88. The molecule has 2 rings (SSSR count). The zero-order chi connectivity index (χ0) is 16.5. The molecule has 0 aliphatic carbocycles. The molecule has 0 saturated heterocycles. The van der Waals surface area contributed by atoms with E-state index in [4.69, 9.17) is 0 Å². The number of hydrogen-bond donors (Lipinski definition) is 1. The van der Waals surface area contributed by atoms with Crippen molar-refractivity contribution in [3.05, 3.63) is 42.1 Å². The third-order valence-corrected chi connectivity index (χ3v) is 4.42. The Bertz CT molecular complexity index is 572. The average molecular weight is 312 g/mol. The second kappa shape index (κ2) is 9.29. The number of rotatable bonds is 10. The first-order valence-corrected chi connectivity index (χ1v) is 8.83. The highest BCUT2D eigenvalue weighted by atomic mass is 16.1. The fourth-order valence-electron chi connectivity index (χ4n) is 2.89. The van der Waals surface area contributed by atoms with Crippen LogP contribution in [-0.4, -0.2) is 16.0 Å². The first kappa shape index (κ1) is 17.5. The lowest BCUT2D eigenvalue weighted by Crippen LogP contribution is -2.01. The molecule has 1 aromatic heterocycles. The Labute approximate surface area is 139 Å². The molecule has 124 valence electrons. The maximum atomic E-state index is 12.3. The van der Waals surface area contributed by atoms with Crippen molar-refractivity contribution >= 4 is 5.78 Å². The summed E-state index contributed by atoms with van der Waals surface area (Å²) in [4.78, 5) is 12.3. The van der Waals surface area contributed by atoms with Crippen LogP contribution in [0.4, 0.5) is 0 Å². The van der Waals surface area contributed by atoms with Gasteiger partial charge in [0.05, 0.1) is 5.69 Å². The highest BCUT2D eigenvalue weighted by molar-refractivity contribution is 5.96. The van der Waals surface area contributed by atoms with Crippen LogP contribution in [0.15, 0.2) is 36.5 Å². The van der Waals surface area contributed by atoms with Gasteiger partial charge in [0.1, 0.15) is 0 Å². The number of benzene rings is 1. The number of carbonyl (C=O) groups is 1. The molecule has 1 heterocycles. The van der Waals surface area contributed by atoms with Crippen LogP contribution in [0.1, 0.15) is 69.2 Å². The molecule has 3 nitrogen and oxygen atoms in total. The largest absolute Gasteiger partial charge is 0.294 e. The van der Waals surface area contributed by atoms with Gasteiger partial charge < -0.3 is 0 Å². The van der Waals surface area contributed by atoms with E-state index in [0.29, 0.717) is 6.42 Å². The van der Waals surface area contributed by atoms with Crippen molar-refractivity contribution in [3.63, 3.8) is 0 Å². The van der Waals surface area contributed by atoms with Crippen molar-refractivity contribution in [2.24, 2.45) is 5.92 Å². The van der Waals surface area contributed by atoms with Crippen LogP contribution in [0.2, 0.25) is 0 Å². The van der Waals surface area contributed by atoms with Crippen LogP contribution in [0, 0.1) is 5.92 Å². The molecule has 1 aromatic carbocycles. The number of unbranched alkanes of at least 4 members (excludes halogenated alkanes) is 2. The molecule has 3 heteroatoms. The molecule has 2 aromatic rings. The first-order chi connectivity index (χ1) is 11.2. The summed E-state index contributed by atoms with van der Waals surface area (Å²) in [5.41, 5.74) is 2.85. The fraction of sp³-hybridized carbons (Fsp3) is 0.500. The normalized spacial score (nSPS) is 12.3. The van der Waals surface area contributed by atoms with E-state index in [0.717, 1.165) is 35.6 Å². The topological polar surface area (TPSA) is 45.8 Å². The molecule has 0 radical (unpaired) electrons. The molecule has 1 unspecified atom stereocenters. The number of hydrogen-bond acceptors (Lipinski definition) is 2. The molecule has 1 atom stereocenters. The van der Waals surface area contributed by atoms with Crippen LogP contribution in [-0.2, 0) is 0 Å². The highest BCUT2D eigenvalue weighted by Crippen LogP contribution is 2.19. The summed E-state index contributed by atoms with van der Waals surface area (Å²) in [6.45, 7) is 4.54. The number of nitrogens with zero attached hydrogens (tertiary/aromatic N) is 1. The Balaban J connectivity index is 1.75.